The minimum absolute atomic E-state index is 0.264. The smallest absolute Gasteiger partial charge is 0.274 e. The van der Waals surface area contributed by atoms with Crippen LogP contribution in [-0.2, 0) is 6.42 Å². The van der Waals surface area contributed by atoms with Gasteiger partial charge in [-0.05, 0) is 24.3 Å². The van der Waals surface area contributed by atoms with Gasteiger partial charge in [-0.15, -0.1) is 0 Å². The second-order valence-corrected chi connectivity index (χ2v) is 4.24. The van der Waals surface area contributed by atoms with Gasteiger partial charge < -0.3 is 5.32 Å². The molecular weight excluding hydrogens is 254 g/mol. The fraction of sp³-hybridized carbons (Fsp3) is 0.143. The molecule has 6 nitrogen and oxygen atoms in total. The lowest BCUT2D eigenvalue weighted by Gasteiger charge is -2.04. The van der Waals surface area contributed by atoms with Crippen molar-refractivity contribution in [1.29, 1.82) is 0 Å². The summed E-state index contributed by atoms with van der Waals surface area (Å²) in [5, 5.41) is 7.12. The number of aryl methyl sites for hydroxylation is 1. The van der Waals surface area contributed by atoms with Crippen LogP contribution >= 0.6 is 0 Å². The zero-order chi connectivity index (χ0) is 13.9. The van der Waals surface area contributed by atoms with Crippen molar-refractivity contribution in [1.82, 2.24) is 19.6 Å². The number of carbonyl (C=O) groups excluding carboxylic acids is 1. The van der Waals surface area contributed by atoms with Crippen molar-refractivity contribution in [3.63, 3.8) is 0 Å². The summed E-state index contributed by atoms with van der Waals surface area (Å²) in [6.45, 7) is 1.99. The summed E-state index contributed by atoms with van der Waals surface area (Å²) < 4.78 is 1.66. The minimum atomic E-state index is -0.264. The zero-order valence-electron chi connectivity index (χ0n) is 10.9. The van der Waals surface area contributed by atoms with Gasteiger partial charge in [-0.25, -0.2) is 9.50 Å². The van der Waals surface area contributed by atoms with Crippen LogP contribution < -0.4 is 5.32 Å². The van der Waals surface area contributed by atoms with Gasteiger partial charge in [-0.3, -0.25) is 9.78 Å². The number of pyridine rings is 2. The summed E-state index contributed by atoms with van der Waals surface area (Å²) >= 11 is 0. The monoisotopic (exact) mass is 267 g/mol. The maximum atomic E-state index is 12.1. The molecule has 0 saturated heterocycles. The first kappa shape index (κ1) is 12.3. The van der Waals surface area contributed by atoms with E-state index in [-0.39, 0.29) is 5.91 Å². The topological polar surface area (TPSA) is 72.2 Å². The third-order valence-electron chi connectivity index (χ3n) is 2.87. The molecule has 0 unspecified atom stereocenters. The molecule has 0 aliphatic heterocycles. The van der Waals surface area contributed by atoms with Gasteiger partial charge in [-0.1, -0.05) is 13.0 Å². The van der Waals surface area contributed by atoms with Crippen molar-refractivity contribution in [3.05, 3.63) is 54.2 Å². The highest BCUT2D eigenvalue weighted by Crippen LogP contribution is 2.15. The minimum Gasteiger partial charge on any atom is -0.317 e. The van der Waals surface area contributed by atoms with Crippen LogP contribution in [0.2, 0.25) is 0 Å². The second-order valence-electron chi connectivity index (χ2n) is 4.24. The average molecular weight is 267 g/mol. The van der Waals surface area contributed by atoms with E-state index in [1.54, 1.807) is 41.2 Å². The quantitative estimate of drug-likeness (QED) is 0.787. The largest absolute Gasteiger partial charge is 0.317 e. The maximum Gasteiger partial charge on any atom is 0.274 e. The Morgan fingerprint density at radius 1 is 1.30 bits per heavy atom. The molecule has 0 radical (unpaired) electrons. The summed E-state index contributed by atoms with van der Waals surface area (Å²) in [5.74, 6) is 0.476. The standard InChI is InChI=1S/C14H13N5O/c1-2-12-17-13-10(7-5-9-19(13)18-12)16-14(20)11-6-3-4-8-15-11/h3-9H,2H2,1H3,(H,16,20). The highest BCUT2D eigenvalue weighted by molar-refractivity contribution is 6.04. The van der Waals surface area contributed by atoms with Crippen molar-refractivity contribution in [2.75, 3.05) is 5.32 Å². The Hall–Kier alpha value is -2.76. The van der Waals surface area contributed by atoms with Crippen molar-refractivity contribution in [3.8, 4) is 0 Å². The molecule has 3 heterocycles. The van der Waals surface area contributed by atoms with Gasteiger partial charge >= 0.3 is 0 Å². The number of hydrogen-bond acceptors (Lipinski definition) is 4. The lowest BCUT2D eigenvalue weighted by molar-refractivity contribution is 0.102. The predicted octanol–water partition coefficient (Wildman–Crippen LogP) is 1.94. The lowest BCUT2D eigenvalue weighted by Crippen LogP contribution is -2.14. The van der Waals surface area contributed by atoms with Gasteiger partial charge in [0.2, 0.25) is 0 Å². The van der Waals surface area contributed by atoms with Crippen molar-refractivity contribution >= 4 is 17.2 Å². The molecule has 1 amide bonds. The Balaban J connectivity index is 1.95. The molecule has 20 heavy (non-hydrogen) atoms. The Labute approximate surface area is 115 Å². The molecule has 0 spiro atoms. The maximum absolute atomic E-state index is 12.1. The van der Waals surface area contributed by atoms with E-state index in [1.807, 2.05) is 13.0 Å². The molecule has 0 aromatic carbocycles. The Bertz CT molecular complexity index is 751. The normalized spacial score (nSPS) is 10.7. The van der Waals surface area contributed by atoms with E-state index in [0.29, 0.717) is 17.0 Å². The lowest BCUT2D eigenvalue weighted by atomic mass is 10.3. The predicted molar refractivity (Wildman–Crippen MR) is 74.6 cm³/mol. The van der Waals surface area contributed by atoms with Gasteiger partial charge in [-0.2, -0.15) is 5.10 Å². The van der Waals surface area contributed by atoms with Crippen LogP contribution in [0.25, 0.3) is 5.65 Å². The van der Waals surface area contributed by atoms with E-state index >= 15 is 0 Å². The van der Waals surface area contributed by atoms with E-state index < -0.39 is 0 Å². The van der Waals surface area contributed by atoms with Crippen LogP contribution in [0.5, 0.6) is 0 Å². The fourth-order valence-electron chi connectivity index (χ4n) is 1.88. The first-order chi connectivity index (χ1) is 9.78. The molecular formula is C14H13N5O. The average Bonchev–Trinajstić information content (AvgIpc) is 2.92. The number of carbonyl (C=O) groups is 1. The van der Waals surface area contributed by atoms with Crippen LogP contribution in [0, 0.1) is 0 Å². The van der Waals surface area contributed by atoms with Crippen LogP contribution in [0.3, 0.4) is 0 Å². The van der Waals surface area contributed by atoms with E-state index in [0.717, 1.165) is 12.2 Å². The van der Waals surface area contributed by atoms with Gasteiger partial charge in [0.25, 0.3) is 5.91 Å². The van der Waals surface area contributed by atoms with Crippen molar-refractivity contribution in [2.45, 2.75) is 13.3 Å². The summed E-state index contributed by atoms with van der Waals surface area (Å²) in [4.78, 5) is 20.5. The molecule has 6 heteroatoms. The van der Waals surface area contributed by atoms with E-state index in [4.69, 9.17) is 0 Å². The SMILES string of the molecule is CCc1nc2c(NC(=O)c3ccccn3)cccn2n1. The molecule has 0 atom stereocenters. The van der Waals surface area contributed by atoms with E-state index in [1.165, 1.54) is 0 Å². The molecule has 0 aliphatic rings. The van der Waals surface area contributed by atoms with Crippen molar-refractivity contribution < 1.29 is 4.79 Å². The number of fused-ring (bicyclic) bond motifs is 1. The molecule has 3 aromatic rings. The van der Waals surface area contributed by atoms with Crippen LogP contribution in [0.1, 0.15) is 23.2 Å². The highest BCUT2D eigenvalue weighted by Gasteiger charge is 2.11. The van der Waals surface area contributed by atoms with E-state index in [2.05, 4.69) is 20.4 Å². The third kappa shape index (κ3) is 2.23. The van der Waals surface area contributed by atoms with Crippen LogP contribution in [0.15, 0.2) is 42.7 Å². The van der Waals surface area contributed by atoms with Crippen LogP contribution in [0.4, 0.5) is 5.69 Å². The number of aromatic nitrogens is 4. The third-order valence-corrected chi connectivity index (χ3v) is 2.87. The van der Waals surface area contributed by atoms with Gasteiger partial charge in [0.1, 0.15) is 5.69 Å². The first-order valence-corrected chi connectivity index (χ1v) is 6.34. The van der Waals surface area contributed by atoms with Crippen LogP contribution in [-0.4, -0.2) is 25.5 Å². The van der Waals surface area contributed by atoms with Gasteiger partial charge in [0, 0.05) is 18.8 Å². The fourth-order valence-corrected chi connectivity index (χ4v) is 1.88. The Morgan fingerprint density at radius 2 is 2.20 bits per heavy atom. The molecule has 0 aliphatic carbocycles. The molecule has 3 aromatic heterocycles. The number of nitrogens with one attached hydrogen (secondary N) is 1. The first-order valence-electron chi connectivity index (χ1n) is 6.34. The summed E-state index contributed by atoms with van der Waals surface area (Å²) in [6, 6.07) is 8.81. The van der Waals surface area contributed by atoms with Gasteiger partial charge in [0.15, 0.2) is 11.5 Å². The molecule has 100 valence electrons. The molecule has 0 bridgehead atoms. The molecule has 3 rings (SSSR count). The van der Waals surface area contributed by atoms with Gasteiger partial charge in [0.05, 0.1) is 5.69 Å². The number of rotatable bonds is 3. The zero-order valence-corrected chi connectivity index (χ0v) is 10.9. The molecule has 0 saturated carbocycles. The Morgan fingerprint density at radius 3 is 2.95 bits per heavy atom. The van der Waals surface area contributed by atoms with E-state index in [9.17, 15) is 4.79 Å². The number of hydrogen-bond donors (Lipinski definition) is 1. The second kappa shape index (κ2) is 5.08. The molecule has 1 N–H and O–H groups in total. The number of nitrogens with zero attached hydrogens (tertiary/aromatic N) is 4. The summed E-state index contributed by atoms with van der Waals surface area (Å²) in [5.41, 5.74) is 1.62. The molecule has 0 fully saturated rings. The number of amides is 1. The summed E-state index contributed by atoms with van der Waals surface area (Å²) in [6.07, 6.45) is 4.13. The Kier molecular flexibility index (Phi) is 3.12. The number of anilines is 1. The highest BCUT2D eigenvalue weighted by atomic mass is 16.1. The summed E-state index contributed by atoms with van der Waals surface area (Å²) in [7, 11) is 0. The van der Waals surface area contributed by atoms with Crippen molar-refractivity contribution in [2.24, 2.45) is 0 Å².